The van der Waals surface area contributed by atoms with Crippen molar-refractivity contribution in [1.82, 2.24) is 5.32 Å². The van der Waals surface area contributed by atoms with Crippen molar-refractivity contribution < 1.29 is 9.59 Å². The van der Waals surface area contributed by atoms with Gasteiger partial charge in [-0.05, 0) is 12.8 Å². The second kappa shape index (κ2) is 4.84. The summed E-state index contributed by atoms with van der Waals surface area (Å²) in [4.78, 5) is 21.8. The minimum absolute atomic E-state index is 0.0797. The zero-order chi connectivity index (χ0) is 9.78. The second-order valence-electron chi connectivity index (χ2n) is 2.55. The highest BCUT2D eigenvalue weighted by molar-refractivity contribution is 14.1. The molecule has 66 valence electrons. The third-order valence-electron chi connectivity index (χ3n) is 1.95. The van der Waals surface area contributed by atoms with Gasteiger partial charge in [0.1, 0.15) is 5.54 Å². The Morgan fingerprint density at radius 3 is 1.92 bits per heavy atom. The van der Waals surface area contributed by atoms with E-state index in [1.165, 1.54) is 0 Å². The normalized spacial score (nSPS) is 10.9. The SMILES string of the molecule is [B]C(=O)NC(CC)(CC)C(=O)I. The Morgan fingerprint density at radius 2 is 1.83 bits per heavy atom. The molecule has 0 heterocycles. The highest BCUT2D eigenvalue weighted by Gasteiger charge is 2.33. The van der Waals surface area contributed by atoms with Crippen molar-refractivity contribution in [3.63, 3.8) is 0 Å². The first-order chi connectivity index (χ1) is 5.48. The summed E-state index contributed by atoms with van der Waals surface area (Å²) in [5.74, 6) is -0.649. The molecular weight excluding hydrogens is 268 g/mol. The van der Waals surface area contributed by atoms with Crippen LogP contribution in [0, 0.1) is 0 Å². The molecule has 0 atom stereocenters. The first kappa shape index (κ1) is 11.9. The molecule has 0 aliphatic heterocycles. The van der Waals surface area contributed by atoms with Gasteiger partial charge in [0.2, 0.25) is 11.6 Å². The smallest absolute Gasteiger partial charge is 0.217 e. The van der Waals surface area contributed by atoms with E-state index in [2.05, 4.69) is 5.32 Å². The van der Waals surface area contributed by atoms with Crippen molar-refractivity contribution in [3.05, 3.63) is 0 Å². The average Bonchev–Trinajstić information content (AvgIpc) is 1.99. The maximum absolute atomic E-state index is 11.2. The molecule has 3 nitrogen and oxygen atoms in total. The molecule has 0 aromatic rings. The largest absolute Gasteiger partial charge is 0.353 e. The molecule has 0 spiro atoms. The van der Waals surface area contributed by atoms with Crippen molar-refractivity contribution in [2.75, 3.05) is 0 Å². The summed E-state index contributed by atoms with van der Waals surface area (Å²) in [6.45, 7) is 3.69. The van der Waals surface area contributed by atoms with E-state index in [0.29, 0.717) is 12.8 Å². The highest BCUT2D eigenvalue weighted by atomic mass is 127. The zero-order valence-electron chi connectivity index (χ0n) is 7.19. The van der Waals surface area contributed by atoms with Gasteiger partial charge in [0.05, 0.1) is 0 Å². The van der Waals surface area contributed by atoms with E-state index in [9.17, 15) is 9.59 Å². The quantitative estimate of drug-likeness (QED) is 0.480. The van der Waals surface area contributed by atoms with Crippen LogP contribution in [0.15, 0.2) is 0 Å². The van der Waals surface area contributed by atoms with Crippen LogP contribution < -0.4 is 5.32 Å². The van der Waals surface area contributed by atoms with Gasteiger partial charge in [-0.2, -0.15) is 0 Å². The molecule has 5 heteroatoms. The Balaban J connectivity index is 4.58. The van der Waals surface area contributed by atoms with Gasteiger partial charge in [0, 0.05) is 22.6 Å². The minimum Gasteiger partial charge on any atom is -0.353 e. The molecule has 0 saturated carbocycles. The molecule has 0 unspecified atom stereocenters. The molecule has 2 radical (unpaired) electrons. The maximum Gasteiger partial charge on any atom is 0.217 e. The standard InChI is InChI=1S/C7H11BINO2/c1-3-7(4-2,5(9)11)10-6(8)12/h3-4H2,1-2H3,(H,10,12). The van der Waals surface area contributed by atoms with Gasteiger partial charge in [-0.3, -0.25) is 9.59 Å². The molecule has 0 aliphatic carbocycles. The lowest BCUT2D eigenvalue weighted by Crippen LogP contribution is -2.51. The lowest BCUT2D eigenvalue weighted by Gasteiger charge is -2.28. The fourth-order valence-corrected chi connectivity index (χ4v) is 1.89. The van der Waals surface area contributed by atoms with Crippen LogP contribution in [0.25, 0.3) is 0 Å². The van der Waals surface area contributed by atoms with E-state index in [0.717, 1.165) is 0 Å². The summed E-state index contributed by atoms with van der Waals surface area (Å²) < 4.78 is -0.0797. The van der Waals surface area contributed by atoms with Gasteiger partial charge in [-0.15, -0.1) is 0 Å². The van der Waals surface area contributed by atoms with Crippen LogP contribution in [-0.4, -0.2) is 23.0 Å². The molecule has 0 aliphatic rings. The molecule has 0 bridgehead atoms. The molecule has 1 amide bonds. The van der Waals surface area contributed by atoms with Crippen molar-refractivity contribution in [2.45, 2.75) is 32.2 Å². The summed E-state index contributed by atoms with van der Waals surface area (Å²) >= 11 is 1.68. The zero-order valence-corrected chi connectivity index (χ0v) is 9.34. The fourth-order valence-electron chi connectivity index (χ4n) is 0.990. The van der Waals surface area contributed by atoms with Gasteiger partial charge in [-0.25, -0.2) is 0 Å². The molecule has 0 fully saturated rings. The van der Waals surface area contributed by atoms with E-state index in [-0.39, 0.29) is 3.79 Å². The van der Waals surface area contributed by atoms with Gasteiger partial charge >= 0.3 is 0 Å². The van der Waals surface area contributed by atoms with E-state index in [4.69, 9.17) is 7.85 Å². The molecule has 1 N–H and O–H groups in total. The van der Waals surface area contributed by atoms with Crippen molar-refractivity contribution in [3.8, 4) is 0 Å². The van der Waals surface area contributed by atoms with E-state index < -0.39 is 11.3 Å². The van der Waals surface area contributed by atoms with Gasteiger partial charge in [-0.1, -0.05) is 13.8 Å². The summed E-state index contributed by atoms with van der Waals surface area (Å²) in [5.41, 5.74) is -0.771. The van der Waals surface area contributed by atoms with Crippen LogP contribution in [-0.2, 0) is 4.79 Å². The third-order valence-corrected chi connectivity index (χ3v) is 2.98. The minimum atomic E-state index is -0.771. The van der Waals surface area contributed by atoms with Gasteiger partial charge in [0.15, 0.2) is 5.81 Å². The second-order valence-corrected chi connectivity index (χ2v) is 3.53. The van der Waals surface area contributed by atoms with Crippen LogP contribution in [0.5, 0.6) is 0 Å². The Labute approximate surface area is 87.2 Å². The van der Waals surface area contributed by atoms with Crippen LogP contribution in [0.1, 0.15) is 26.7 Å². The monoisotopic (exact) mass is 279 g/mol. The van der Waals surface area contributed by atoms with Crippen molar-refractivity contribution in [2.24, 2.45) is 0 Å². The molecule has 0 saturated heterocycles. The lowest BCUT2D eigenvalue weighted by molar-refractivity contribution is -0.114. The maximum atomic E-state index is 11.2. The summed E-state index contributed by atoms with van der Waals surface area (Å²) in [7, 11) is 4.96. The fraction of sp³-hybridized carbons (Fsp3) is 0.714. The average molecular weight is 279 g/mol. The number of carbonyl (C=O) groups excluding carboxylic acids is 2. The van der Waals surface area contributed by atoms with E-state index in [1.807, 2.05) is 13.8 Å². The third kappa shape index (κ3) is 2.77. The van der Waals surface area contributed by atoms with Crippen LogP contribution >= 0.6 is 22.6 Å². The molecule has 12 heavy (non-hydrogen) atoms. The van der Waals surface area contributed by atoms with Gasteiger partial charge < -0.3 is 5.32 Å². The number of hydrogen-bond donors (Lipinski definition) is 1. The topological polar surface area (TPSA) is 46.2 Å². The predicted octanol–water partition coefficient (Wildman–Crippen LogP) is 1.38. The van der Waals surface area contributed by atoms with E-state index in [1.54, 1.807) is 22.6 Å². The summed E-state index contributed by atoms with van der Waals surface area (Å²) in [6, 6.07) is 0. The molecule has 0 aromatic heterocycles. The molecular formula is C7H11BINO2. The Morgan fingerprint density at radius 1 is 1.42 bits per heavy atom. The number of nitrogens with one attached hydrogen (secondary N) is 1. The number of hydrogen-bond acceptors (Lipinski definition) is 2. The predicted molar refractivity (Wildman–Crippen MR) is 56.6 cm³/mol. The molecule has 0 aromatic carbocycles. The Kier molecular flexibility index (Phi) is 4.81. The van der Waals surface area contributed by atoms with Crippen LogP contribution in [0.4, 0.5) is 4.79 Å². The highest BCUT2D eigenvalue weighted by Crippen LogP contribution is 2.19. The molecule has 0 rings (SSSR count). The number of rotatable bonds is 4. The summed E-state index contributed by atoms with van der Waals surface area (Å²) in [6.07, 6.45) is 1.13. The summed E-state index contributed by atoms with van der Waals surface area (Å²) in [5, 5.41) is 2.47. The Hall–Kier alpha value is -0.0651. The lowest BCUT2D eigenvalue weighted by atomic mass is 9.93. The Bertz CT molecular complexity index is 192. The number of halogens is 1. The first-order valence-corrected chi connectivity index (χ1v) is 4.84. The van der Waals surface area contributed by atoms with E-state index >= 15 is 0 Å². The van der Waals surface area contributed by atoms with Crippen LogP contribution in [0.2, 0.25) is 0 Å². The first-order valence-electron chi connectivity index (χ1n) is 3.76. The van der Waals surface area contributed by atoms with Crippen molar-refractivity contribution in [1.29, 1.82) is 0 Å². The number of amides is 1. The van der Waals surface area contributed by atoms with Gasteiger partial charge in [0.25, 0.3) is 0 Å². The van der Waals surface area contributed by atoms with Crippen LogP contribution in [0.3, 0.4) is 0 Å². The number of carbonyl (C=O) groups is 2. The van der Waals surface area contributed by atoms with Crippen molar-refractivity contribution >= 4 is 40.0 Å².